The van der Waals surface area contributed by atoms with Crippen molar-refractivity contribution in [1.29, 1.82) is 0 Å². The second kappa shape index (κ2) is 4.82. The van der Waals surface area contributed by atoms with E-state index in [9.17, 15) is 4.79 Å². The van der Waals surface area contributed by atoms with Crippen LogP contribution in [-0.4, -0.2) is 5.97 Å². The Labute approximate surface area is 108 Å². The van der Waals surface area contributed by atoms with Crippen LogP contribution in [0.25, 0.3) is 0 Å². The van der Waals surface area contributed by atoms with Crippen molar-refractivity contribution >= 4 is 29.2 Å². The maximum absolute atomic E-state index is 11.6. The smallest absolute Gasteiger partial charge is 0.379 e. The number of benzene rings is 1. The predicted molar refractivity (Wildman–Crippen MR) is 64.9 cm³/mol. The highest BCUT2D eigenvalue weighted by Gasteiger charge is 2.13. The third-order valence-corrected chi connectivity index (χ3v) is 2.97. The molecule has 0 aliphatic rings. The molecule has 0 atom stereocenters. The third-order valence-electron chi connectivity index (χ3n) is 2.19. The van der Waals surface area contributed by atoms with E-state index in [2.05, 4.69) is 0 Å². The summed E-state index contributed by atoms with van der Waals surface area (Å²) >= 11 is 11.9. The molecule has 1 heterocycles. The van der Waals surface area contributed by atoms with Gasteiger partial charge in [0.25, 0.3) is 0 Å². The maximum atomic E-state index is 11.6. The second-order valence-electron chi connectivity index (χ2n) is 3.38. The van der Waals surface area contributed by atoms with Gasteiger partial charge in [0.2, 0.25) is 5.76 Å². The van der Waals surface area contributed by atoms with E-state index in [4.69, 9.17) is 32.4 Å². The van der Waals surface area contributed by atoms with E-state index in [1.165, 1.54) is 24.5 Å². The van der Waals surface area contributed by atoms with Gasteiger partial charge in [0.15, 0.2) is 0 Å². The quantitative estimate of drug-likeness (QED) is 0.609. The van der Waals surface area contributed by atoms with Crippen molar-refractivity contribution in [2.24, 2.45) is 0 Å². The van der Waals surface area contributed by atoms with E-state index >= 15 is 0 Å². The summed E-state index contributed by atoms with van der Waals surface area (Å²) in [5, 5.41) is 0.888. The van der Waals surface area contributed by atoms with Gasteiger partial charge < -0.3 is 9.15 Å². The summed E-state index contributed by atoms with van der Waals surface area (Å²) in [6, 6.07) is 6.18. The minimum Gasteiger partial charge on any atom is -0.457 e. The first-order chi connectivity index (χ1) is 8.08. The van der Waals surface area contributed by atoms with Gasteiger partial charge in [-0.05, 0) is 36.8 Å². The molecule has 0 spiro atoms. The zero-order valence-corrected chi connectivity index (χ0v) is 10.4. The highest BCUT2D eigenvalue weighted by atomic mass is 35.5. The fourth-order valence-electron chi connectivity index (χ4n) is 1.23. The van der Waals surface area contributed by atoms with Gasteiger partial charge in [0.05, 0.1) is 6.26 Å². The minimum absolute atomic E-state index is 0.123. The van der Waals surface area contributed by atoms with Gasteiger partial charge in [-0.3, -0.25) is 0 Å². The molecule has 0 amide bonds. The molecule has 1 aromatic heterocycles. The Morgan fingerprint density at radius 1 is 1.29 bits per heavy atom. The first kappa shape index (κ1) is 12.0. The van der Waals surface area contributed by atoms with Gasteiger partial charge in [-0.1, -0.05) is 23.2 Å². The average molecular weight is 271 g/mol. The zero-order valence-electron chi connectivity index (χ0n) is 8.87. The van der Waals surface area contributed by atoms with Crippen LogP contribution in [0, 0.1) is 6.92 Å². The van der Waals surface area contributed by atoms with Crippen LogP contribution in [0.15, 0.2) is 34.9 Å². The van der Waals surface area contributed by atoms with Crippen LogP contribution < -0.4 is 4.74 Å². The van der Waals surface area contributed by atoms with Gasteiger partial charge in [-0.25, -0.2) is 4.79 Å². The van der Waals surface area contributed by atoms with Gasteiger partial charge in [-0.2, -0.15) is 0 Å². The van der Waals surface area contributed by atoms with Crippen molar-refractivity contribution in [2.75, 3.05) is 0 Å². The van der Waals surface area contributed by atoms with Gasteiger partial charge in [0.1, 0.15) is 5.75 Å². The Morgan fingerprint density at radius 2 is 1.94 bits per heavy atom. The van der Waals surface area contributed by atoms with Crippen LogP contribution in [0.5, 0.6) is 5.75 Å². The topological polar surface area (TPSA) is 39.4 Å². The first-order valence-corrected chi connectivity index (χ1v) is 5.55. The number of hydrogen-bond donors (Lipinski definition) is 0. The number of carbonyl (C=O) groups is 1. The molecule has 17 heavy (non-hydrogen) atoms. The number of hydrogen-bond acceptors (Lipinski definition) is 3. The molecule has 88 valence electrons. The summed E-state index contributed by atoms with van der Waals surface area (Å²) in [5.74, 6) is -0.184. The lowest BCUT2D eigenvalue weighted by atomic mass is 10.2. The molecule has 5 heteroatoms. The monoisotopic (exact) mass is 270 g/mol. The summed E-state index contributed by atoms with van der Waals surface area (Å²) < 4.78 is 9.99. The molecule has 2 rings (SSSR count). The van der Waals surface area contributed by atoms with E-state index in [0.29, 0.717) is 10.0 Å². The number of esters is 1. The lowest BCUT2D eigenvalue weighted by molar-refractivity contribution is 0.0701. The summed E-state index contributed by atoms with van der Waals surface area (Å²) in [7, 11) is 0. The largest absolute Gasteiger partial charge is 0.457 e. The highest BCUT2D eigenvalue weighted by Crippen LogP contribution is 2.29. The van der Waals surface area contributed by atoms with E-state index in [1.807, 2.05) is 0 Å². The van der Waals surface area contributed by atoms with E-state index in [-0.39, 0.29) is 11.5 Å². The summed E-state index contributed by atoms with van der Waals surface area (Å²) in [5.41, 5.74) is 0.742. The normalized spacial score (nSPS) is 10.3. The molecule has 0 bridgehead atoms. The van der Waals surface area contributed by atoms with E-state index < -0.39 is 5.97 Å². The Hall–Kier alpha value is -1.45. The van der Waals surface area contributed by atoms with E-state index in [0.717, 1.165) is 5.56 Å². The van der Waals surface area contributed by atoms with Crippen LogP contribution in [0.2, 0.25) is 10.0 Å². The number of furan rings is 1. The standard InChI is InChI=1S/C12H8Cl2O3/c1-7-9(13)5-8(6-10(7)14)17-12(15)11-3-2-4-16-11/h2-6H,1H3. The van der Waals surface area contributed by atoms with Crippen LogP contribution in [0.1, 0.15) is 16.1 Å². The van der Waals surface area contributed by atoms with Crippen molar-refractivity contribution in [1.82, 2.24) is 0 Å². The Kier molecular flexibility index (Phi) is 3.41. The van der Waals surface area contributed by atoms with Crippen molar-refractivity contribution in [3.63, 3.8) is 0 Å². The number of rotatable bonds is 2. The molecule has 0 radical (unpaired) electrons. The molecule has 3 nitrogen and oxygen atoms in total. The Morgan fingerprint density at radius 3 is 2.47 bits per heavy atom. The molecular formula is C12H8Cl2O3. The summed E-state index contributed by atoms with van der Waals surface area (Å²) in [6.07, 6.45) is 1.39. The molecule has 2 aromatic rings. The Bertz CT molecular complexity index is 524. The van der Waals surface area contributed by atoms with Crippen LogP contribution >= 0.6 is 23.2 Å². The van der Waals surface area contributed by atoms with Crippen LogP contribution in [-0.2, 0) is 0 Å². The lowest BCUT2D eigenvalue weighted by Gasteiger charge is -2.06. The Balaban J connectivity index is 2.22. The molecule has 0 saturated heterocycles. The number of ether oxygens (including phenoxy) is 1. The summed E-state index contributed by atoms with van der Waals surface area (Å²) in [4.78, 5) is 11.6. The van der Waals surface area contributed by atoms with Crippen molar-refractivity contribution in [2.45, 2.75) is 6.92 Å². The number of halogens is 2. The predicted octanol–water partition coefficient (Wildman–Crippen LogP) is 4.11. The van der Waals surface area contributed by atoms with Crippen LogP contribution in [0.4, 0.5) is 0 Å². The van der Waals surface area contributed by atoms with Gasteiger partial charge >= 0.3 is 5.97 Å². The molecule has 0 aliphatic carbocycles. The molecule has 0 fully saturated rings. The third kappa shape index (κ3) is 2.62. The molecular weight excluding hydrogens is 263 g/mol. The molecule has 0 N–H and O–H groups in total. The lowest BCUT2D eigenvalue weighted by Crippen LogP contribution is -2.07. The summed E-state index contributed by atoms with van der Waals surface area (Å²) in [6.45, 7) is 1.78. The van der Waals surface area contributed by atoms with Crippen LogP contribution in [0.3, 0.4) is 0 Å². The van der Waals surface area contributed by atoms with Gasteiger partial charge in [0, 0.05) is 10.0 Å². The minimum atomic E-state index is -0.592. The molecule has 1 aromatic carbocycles. The SMILES string of the molecule is Cc1c(Cl)cc(OC(=O)c2ccco2)cc1Cl. The fraction of sp³-hybridized carbons (Fsp3) is 0.0833. The van der Waals surface area contributed by atoms with Crippen molar-refractivity contribution < 1.29 is 13.9 Å². The second-order valence-corrected chi connectivity index (χ2v) is 4.19. The average Bonchev–Trinajstić information content (AvgIpc) is 2.79. The van der Waals surface area contributed by atoms with Crippen molar-refractivity contribution in [3.05, 3.63) is 51.9 Å². The molecule has 0 unspecified atom stereocenters. The maximum Gasteiger partial charge on any atom is 0.379 e. The van der Waals surface area contributed by atoms with E-state index in [1.54, 1.807) is 13.0 Å². The fourth-order valence-corrected chi connectivity index (χ4v) is 1.70. The van der Waals surface area contributed by atoms with Crippen molar-refractivity contribution in [3.8, 4) is 5.75 Å². The van der Waals surface area contributed by atoms with Gasteiger partial charge in [-0.15, -0.1) is 0 Å². The first-order valence-electron chi connectivity index (χ1n) is 4.79. The number of carbonyl (C=O) groups excluding carboxylic acids is 1. The zero-order chi connectivity index (χ0) is 12.4. The molecule has 0 saturated carbocycles. The molecule has 0 aliphatic heterocycles. The highest BCUT2D eigenvalue weighted by molar-refractivity contribution is 6.36.